The van der Waals surface area contributed by atoms with Crippen molar-refractivity contribution in [1.29, 1.82) is 0 Å². The minimum absolute atomic E-state index is 0.0388. The van der Waals surface area contributed by atoms with Crippen molar-refractivity contribution in [1.82, 2.24) is 4.98 Å². The van der Waals surface area contributed by atoms with Gasteiger partial charge in [0.15, 0.2) is 0 Å². The fourth-order valence-corrected chi connectivity index (χ4v) is 4.57. The highest BCUT2D eigenvalue weighted by molar-refractivity contribution is 6.51. The van der Waals surface area contributed by atoms with Crippen LogP contribution in [0.2, 0.25) is 0 Å². The molecular formula is C30H33N3O4. The number of hydrogen-bond donors (Lipinski definition) is 1. The molecule has 4 rings (SSSR count). The van der Waals surface area contributed by atoms with Crippen LogP contribution < -0.4 is 14.5 Å². The van der Waals surface area contributed by atoms with Gasteiger partial charge in [-0.2, -0.15) is 0 Å². The highest BCUT2D eigenvalue weighted by Crippen LogP contribution is 2.43. The third-order valence-electron chi connectivity index (χ3n) is 6.47. The largest absolute Gasteiger partial charge is 0.507 e. The molecule has 1 aliphatic heterocycles. The van der Waals surface area contributed by atoms with Gasteiger partial charge < -0.3 is 14.7 Å². The number of hydrogen-bond acceptors (Lipinski definition) is 6. The Morgan fingerprint density at radius 1 is 1.03 bits per heavy atom. The lowest BCUT2D eigenvalue weighted by Crippen LogP contribution is -2.29. The highest BCUT2D eigenvalue weighted by atomic mass is 16.5. The molecule has 2 heterocycles. The van der Waals surface area contributed by atoms with Crippen LogP contribution >= 0.6 is 0 Å². The van der Waals surface area contributed by atoms with Gasteiger partial charge >= 0.3 is 0 Å². The molecule has 1 aromatic heterocycles. The van der Waals surface area contributed by atoms with Crippen LogP contribution in [-0.4, -0.2) is 42.5 Å². The van der Waals surface area contributed by atoms with E-state index in [9.17, 15) is 14.7 Å². The second kappa shape index (κ2) is 10.1. The first kappa shape index (κ1) is 25.9. The molecule has 1 aliphatic rings. The Morgan fingerprint density at radius 2 is 1.68 bits per heavy atom. The fraction of sp³-hybridized carbons (Fsp3) is 0.300. The number of aliphatic hydroxyl groups is 1. The van der Waals surface area contributed by atoms with E-state index < -0.39 is 17.7 Å². The van der Waals surface area contributed by atoms with E-state index in [4.69, 9.17) is 4.74 Å². The van der Waals surface area contributed by atoms with E-state index in [-0.39, 0.29) is 16.7 Å². The summed E-state index contributed by atoms with van der Waals surface area (Å²) in [7, 11) is 3.86. The number of ketones is 1. The molecule has 1 N–H and O–H groups in total. The first-order chi connectivity index (χ1) is 17.5. The van der Waals surface area contributed by atoms with Crippen molar-refractivity contribution < 1.29 is 19.4 Å². The van der Waals surface area contributed by atoms with Crippen molar-refractivity contribution in [2.75, 3.05) is 30.5 Å². The smallest absolute Gasteiger partial charge is 0.300 e. The summed E-state index contributed by atoms with van der Waals surface area (Å²) in [6.45, 7) is 8.60. The van der Waals surface area contributed by atoms with Gasteiger partial charge in [0, 0.05) is 49.0 Å². The van der Waals surface area contributed by atoms with Crippen molar-refractivity contribution >= 4 is 28.8 Å². The van der Waals surface area contributed by atoms with Crippen LogP contribution in [0.5, 0.6) is 5.75 Å². The van der Waals surface area contributed by atoms with Gasteiger partial charge in [-0.1, -0.05) is 20.8 Å². The molecule has 3 aromatic rings. The normalized spacial score (nSPS) is 17.2. The number of benzene rings is 2. The molecule has 1 fully saturated rings. The number of carbonyl (C=O) groups is 2. The van der Waals surface area contributed by atoms with Crippen molar-refractivity contribution in [3.05, 3.63) is 89.3 Å². The molecule has 7 heteroatoms. The van der Waals surface area contributed by atoms with Crippen molar-refractivity contribution in [2.45, 2.75) is 39.2 Å². The minimum atomic E-state index is -0.808. The molecule has 0 bridgehead atoms. The number of aromatic nitrogens is 1. The van der Waals surface area contributed by atoms with Gasteiger partial charge in [0.25, 0.3) is 11.7 Å². The second-order valence-corrected chi connectivity index (χ2v) is 10.3. The molecule has 1 unspecified atom stereocenters. The van der Waals surface area contributed by atoms with Gasteiger partial charge in [0.2, 0.25) is 0 Å². The number of aliphatic hydroxyl groups excluding tert-OH is 1. The predicted molar refractivity (Wildman–Crippen MR) is 146 cm³/mol. The standard InChI is InChI=1S/C30H33N3O4/c1-7-37-24-13-8-20(18-23(24)30(2,3)4)27(34)25-26(19-14-16-31-17-15-19)33(29(36)28(25)35)22-11-9-21(10-12-22)32(5)6/h8-18,26,34H,7H2,1-6H3/b27-25-. The fourth-order valence-electron chi connectivity index (χ4n) is 4.57. The lowest BCUT2D eigenvalue weighted by atomic mass is 9.84. The predicted octanol–water partition coefficient (Wildman–Crippen LogP) is 5.47. The van der Waals surface area contributed by atoms with Crippen LogP contribution in [0.15, 0.2) is 72.6 Å². The van der Waals surface area contributed by atoms with E-state index in [1.807, 2.05) is 56.3 Å². The average molecular weight is 500 g/mol. The monoisotopic (exact) mass is 499 g/mol. The maximum absolute atomic E-state index is 13.5. The number of carbonyl (C=O) groups excluding carboxylic acids is 2. The van der Waals surface area contributed by atoms with Gasteiger partial charge in [0.05, 0.1) is 18.2 Å². The zero-order chi connectivity index (χ0) is 26.9. The summed E-state index contributed by atoms with van der Waals surface area (Å²) in [5, 5.41) is 11.5. The zero-order valence-corrected chi connectivity index (χ0v) is 22.1. The molecule has 0 radical (unpaired) electrons. The first-order valence-corrected chi connectivity index (χ1v) is 12.3. The van der Waals surface area contributed by atoms with Crippen LogP contribution in [-0.2, 0) is 15.0 Å². The minimum Gasteiger partial charge on any atom is -0.507 e. The Morgan fingerprint density at radius 3 is 2.24 bits per heavy atom. The summed E-state index contributed by atoms with van der Waals surface area (Å²) in [6, 6.07) is 15.5. The Balaban J connectivity index is 1.91. The molecule has 192 valence electrons. The molecule has 1 saturated heterocycles. The lowest BCUT2D eigenvalue weighted by molar-refractivity contribution is -0.132. The average Bonchev–Trinajstić information content (AvgIpc) is 3.14. The van der Waals surface area contributed by atoms with Crippen molar-refractivity contribution in [3.63, 3.8) is 0 Å². The topological polar surface area (TPSA) is 83.0 Å². The van der Waals surface area contributed by atoms with Crippen LogP contribution in [0.4, 0.5) is 11.4 Å². The number of ether oxygens (including phenoxy) is 1. The van der Waals surface area contributed by atoms with Crippen LogP contribution in [0.3, 0.4) is 0 Å². The summed E-state index contributed by atoms with van der Waals surface area (Å²) in [5.74, 6) is -0.926. The zero-order valence-electron chi connectivity index (χ0n) is 22.1. The molecule has 37 heavy (non-hydrogen) atoms. The van der Waals surface area contributed by atoms with Gasteiger partial charge in [-0.3, -0.25) is 19.5 Å². The van der Waals surface area contributed by atoms with Gasteiger partial charge in [-0.05, 0) is 72.5 Å². The van der Waals surface area contributed by atoms with E-state index in [1.165, 1.54) is 4.90 Å². The molecular weight excluding hydrogens is 466 g/mol. The molecule has 1 amide bonds. The van der Waals surface area contributed by atoms with Gasteiger partial charge in [0.1, 0.15) is 11.5 Å². The van der Waals surface area contributed by atoms with E-state index in [0.29, 0.717) is 23.4 Å². The quantitative estimate of drug-likeness (QED) is 0.275. The molecule has 2 aromatic carbocycles. The van der Waals surface area contributed by atoms with Gasteiger partial charge in [-0.25, -0.2) is 0 Å². The number of nitrogens with zero attached hydrogens (tertiary/aromatic N) is 3. The Labute approximate surface area is 218 Å². The summed E-state index contributed by atoms with van der Waals surface area (Å²) in [4.78, 5) is 34.4. The highest BCUT2D eigenvalue weighted by Gasteiger charge is 2.47. The number of pyridine rings is 1. The molecule has 0 spiro atoms. The Kier molecular flexibility index (Phi) is 7.07. The summed E-state index contributed by atoms with van der Waals surface area (Å²) >= 11 is 0. The third-order valence-corrected chi connectivity index (χ3v) is 6.47. The first-order valence-electron chi connectivity index (χ1n) is 12.3. The summed E-state index contributed by atoms with van der Waals surface area (Å²) < 4.78 is 5.82. The summed E-state index contributed by atoms with van der Waals surface area (Å²) in [6.07, 6.45) is 3.22. The van der Waals surface area contributed by atoms with Crippen LogP contribution in [0.1, 0.15) is 50.4 Å². The van der Waals surface area contributed by atoms with E-state index in [2.05, 4.69) is 25.8 Å². The number of anilines is 2. The second-order valence-electron chi connectivity index (χ2n) is 10.3. The van der Waals surface area contributed by atoms with Gasteiger partial charge in [-0.15, -0.1) is 0 Å². The van der Waals surface area contributed by atoms with Crippen LogP contribution in [0, 0.1) is 0 Å². The maximum atomic E-state index is 13.5. The van der Waals surface area contributed by atoms with E-state index in [1.54, 1.807) is 36.7 Å². The number of amides is 1. The van der Waals surface area contributed by atoms with Crippen LogP contribution in [0.25, 0.3) is 5.76 Å². The SMILES string of the molecule is CCOc1ccc(/C(O)=C2/C(=O)C(=O)N(c3ccc(N(C)C)cc3)C2c2ccncc2)cc1C(C)(C)C. The molecule has 0 saturated carbocycles. The number of Topliss-reactive ketones (excluding diaryl/α,β-unsaturated/α-hetero) is 1. The Bertz CT molecular complexity index is 1340. The van der Waals surface area contributed by atoms with E-state index >= 15 is 0 Å². The van der Waals surface area contributed by atoms with E-state index in [0.717, 1.165) is 17.0 Å². The molecule has 0 aliphatic carbocycles. The maximum Gasteiger partial charge on any atom is 0.300 e. The summed E-state index contributed by atoms with van der Waals surface area (Å²) in [5.41, 5.74) is 3.32. The van der Waals surface area contributed by atoms with Crippen molar-refractivity contribution in [2.24, 2.45) is 0 Å². The molecule has 7 nitrogen and oxygen atoms in total. The van der Waals surface area contributed by atoms with Crippen molar-refractivity contribution in [3.8, 4) is 5.75 Å². The lowest BCUT2D eigenvalue weighted by Gasteiger charge is -2.26. The molecule has 1 atom stereocenters. The third kappa shape index (κ3) is 4.94. The Hall–Kier alpha value is -4.13. The number of rotatable bonds is 6.